The van der Waals surface area contributed by atoms with Crippen molar-refractivity contribution in [2.45, 2.75) is 26.6 Å². The second kappa shape index (κ2) is 11.1. The van der Waals surface area contributed by atoms with E-state index in [9.17, 15) is 14.4 Å². The Kier molecular flexibility index (Phi) is 8.03. The fourth-order valence-corrected chi connectivity index (χ4v) is 3.23. The van der Waals surface area contributed by atoms with Crippen molar-refractivity contribution in [2.75, 3.05) is 14.2 Å². The number of carbonyl (C=O) groups excluding carboxylic acids is 3. The number of rotatable bonds is 9. The van der Waals surface area contributed by atoms with Crippen molar-refractivity contribution in [3.8, 4) is 11.5 Å². The molecule has 0 amide bonds. The average Bonchev–Trinajstić information content (AvgIpc) is 2.86. The van der Waals surface area contributed by atoms with Gasteiger partial charge in [0, 0.05) is 11.1 Å². The Bertz CT molecular complexity index is 1170. The first-order valence-electron chi connectivity index (χ1n) is 10.7. The number of esters is 2. The van der Waals surface area contributed by atoms with Crippen LogP contribution in [-0.2, 0) is 16.1 Å². The first-order valence-corrected chi connectivity index (χ1v) is 10.7. The van der Waals surface area contributed by atoms with Crippen molar-refractivity contribution >= 4 is 17.7 Å². The molecule has 0 heterocycles. The predicted octanol–water partition coefficient (Wildman–Crippen LogP) is 4.86. The van der Waals surface area contributed by atoms with Crippen LogP contribution in [0.5, 0.6) is 11.5 Å². The molecular weight excluding hydrogens is 436 g/mol. The summed E-state index contributed by atoms with van der Waals surface area (Å²) in [7, 11) is 2.73. The van der Waals surface area contributed by atoms with Crippen LogP contribution in [0.25, 0.3) is 0 Å². The molecule has 0 bridgehead atoms. The van der Waals surface area contributed by atoms with Crippen LogP contribution in [0.4, 0.5) is 0 Å². The number of carbonyl (C=O) groups is 3. The van der Waals surface area contributed by atoms with E-state index in [4.69, 9.17) is 18.9 Å². The lowest BCUT2D eigenvalue weighted by molar-refractivity contribution is 0.0374. The Hall–Kier alpha value is -4.13. The van der Waals surface area contributed by atoms with Gasteiger partial charge >= 0.3 is 11.9 Å². The van der Waals surface area contributed by atoms with E-state index in [0.29, 0.717) is 17.1 Å². The van der Waals surface area contributed by atoms with E-state index in [1.807, 2.05) is 30.3 Å². The van der Waals surface area contributed by atoms with Gasteiger partial charge in [0.2, 0.25) is 0 Å². The molecule has 176 valence electrons. The normalized spacial score (nSPS) is 10.5. The fourth-order valence-electron chi connectivity index (χ4n) is 3.23. The molecule has 3 aromatic rings. The van der Waals surface area contributed by atoms with Gasteiger partial charge in [-0.05, 0) is 43.7 Å². The number of ketones is 1. The molecule has 0 aliphatic heterocycles. The lowest BCUT2D eigenvalue weighted by Crippen LogP contribution is -2.17. The Morgan fingerprint density at radius 3 is 1.97 bits per heavy atom. The molecule has 34 heavy (non-hydrogen) atoms. The topological polar surface area (TPSA) is 88.1 Å². The van der Waals surface area contributed by atoms with Crippen LogP contribution in [0.3, 0.4) is 0 Å². The lowest BCUT2D eigenvalue weighted by atomic mass is 9.96. The van der Waals surface area contributed by atoms with Crippen LogP contribution in [0.15, 0.2) is 66.7 Å². The number of benzene rings is 3. The van der Waals surface area contributed by atoms with Crippen LogP contribution < -0.4 is 9.47 Å². The summed E-state index contributed by atoms with van der Waals surface area (Å²) in [6.07, 6.45) is -0.380. The molecule has 0 fully saturated rings. The maximum absolute atomic E-state index is 13.4. The molecule has 0 N–H and O–H groups in total. The van der Waals surface area contributed by atoms with Crippen LogP contribution in [0, 0.1) is 0 Å². The van der Waals surface area contributed by atoms with E-state index in [1.54, 1.807) is 13.8 Å². The highest BCUT2D eigenvalue weighted by molar-refractivity contribution is 6.15. The summed E-state index contributed by atoms with van der Waals surface area (Å²) >= 11 is 0. The number of ether oxygens (including phenoxy) is 4. The van der Waals surface area contributed by atoms with Gasteiger partial charge in [0.15, 0.2) is 17.3 Å². The summed E-state index contributed by atoms with van der Waals surface area (Å²) in [6.45, 7) is 3.69. The zero-order valence-corrected chi connectivity index (χ0v) is 19.5. The summed E-state index contributed by atoms with van der Waals surface area (Å²) in [5.74, 6) is -0.996. The molecule has 0 radical (unpaired) electrons. The van der Waals surface area contributed by atoms with Crippen molar-refractivity contribution in [1.29, 1.82) is 0 Å². The van der Waals surface area contributed by atoms with Gasteiger partial charge < -0.3 is 18.9 Å². The van der Waals surface area contributed by atoms with Gasteiger partial charge in [-0.2, -0.15) is 0 Å². The van der Waals surface area contributed by atoms with Crippen LogP contribution >= 0.6 is 0 Å². The summed E-state index contributed by atoms with van der Waals surface area (Å²) in [4.78, 5) is 38.0. The molecule has 0 aromatic heterocycles. The highest BCUT2D eigenvalue weighted by atomic mass is 16.5. The van der Waals surface area contributed by atoms with Crippen molar-refractivity contribution in [3.05, 3.63) is 94.5 Å². The van der Waals surface area contributed by atoms with Gasteiger partial charge in [0.1, 0.15) is 6.61 Å². The van der Waals surface area contributed by atoms with Crippen molar-refractivity contribution in [2.24, 2.45) is 0 Å². The maximum atomic E-state index is 13.4. The second-order valence-corrected chi connectivity index (χ2v) is 7.68. The van der Waals surface area contributed by atoms with Gasteiger partial charge in [0.05, 0.1) is 31.5 Å². The van der Waals surface area contributed by atoms with Crippen LogP contribution in [0.1, 0.15) is 56.0 Å². The molecule has 7 nitrogen and oxygen atoms in total. The molecule has 0 unspecified atom stereocenters. The van der Waals surface area contributed by atoms with Crippen molar-refractivity contribution < 1.29 is 33.3 Å². The number of hydrogen-bond acceptors (Lipinski definition) is 7. The van der Waals surface area contributed by atoms with Crippen molar-refractivity contribution in [1.82, 2.24) is 0 Å². The molecule has 0 aliphatic rings. The Morgan fingerprint density at radius 1 is 0.765 bits per heavy atom. The van der Waals surface area contributed by atoms with Crippen LogP contribution in [0.2, 0.25) is 0 Å². The third-order valence-electron chi connectivity index (χ3n) is 4.92. The average molecular weight is 462 g/mol. The first-order chi connectivity index (χ1) is 16.3. The van der Waals surface area contributed by atoms with E-state index in [1.165, 1.54) is 50.6 Å². The SMILES string of the molecule is COC(=O)c1ccc(C(=O)c2cc(OCc3ccccc3)c(OC)cc2C(=O)OC(C)C)cc1. The highest BCUT2D eigenvalue weighted by Gasteiger charge is 2.24. The first kappa shape index (κ1) is 24.5. The van der Waals surface area contributed by atoms with Gasteiger partial charge in [-0.3, -0.25) is 4.79 Å². The van der Waals surface area contributed by atoms with Gasteiger partial charge in [-0.15, -0.1) is 0 Å². The summed E-state index contributed by atoms with van der Waals surface area (Å²) in [5, 5.41) is 0. The van der Waals surface area contributed by atoms with Crippen molar-refractivity contribution in [3.63, 3.8) is 0 Å². The van der Waals surface area contributed by atoms with Gasteiger partial charge in [0.25, 0.3) is 0 Å². The third-order valence-corrected chi connectivity index (χ3v) is 4.92. The second-order valence-electron chi connectivity index (χ2n) is 7.68. The van der Waals surface area contributed by atoms with Gasteiger partial charge in [-0.1, -0.05) is 42.5 Å². The predicted molar refractivity (Wildman–Crippen MR) is 126 cm³/mol. The molecular formula is C27H26O7. The molecule has 0 saturated heterocycles. The minimum absolute atomic E-state index is 0.0552. The summed E-state index contributed by atoms with van der Waals surface area (Å²) in [6, 6.07) is 18.4. The molecule has 3 aromatic carbocycles. The van der Waals surface area contributed by atoms with Crippen LogP contribution in [-0.4, -0.2) is 38.0 Å². The highest BCUT2D eigenvalue weighted by Crippen LogP contribution is 2.33. The smallest absolute Gasteiger partial charge is 0.339 e. The van der Waals surface area contributed by atoms with E-state index in [2.05, 4.69) is 0 Å². The Balaban J connectivity index is 2.02. The molecule has 3 rings (SSSR count). The van der Waals surface area contributed by atoms with E-state index in [0.717, 1.165) is 5.56 Å². The zero-order valence-electron chi connectivity index (χ0n) is 19.5. The molecule has 0 spiro atoms. The zero-order chi connectivity index (χ0) is 24.7. The Labute approximate surface area is 198 Å². The largest absolute Gasteiger partial charge is 0.493 e. The molecule has 0 atom stereocenters. The molecule has 7 heteroatoms. The minimum atomic E-state index is -0.655. The Morgan fingerprint density at radius 2 is 1.38 bits per heavy atom. The summed E-state index contributed by atoms with van der Waals surface area (Å²) in [5.41, 5.74) is 1.67. The lowest BCUT2D eigenvalue weighted by Gasteiger charge is -2.16. The summed E-state index contributed by atoms with van der Waals surface area (Å²) < 4.78 is 21.4. The van der Waals surface area contributed by atoms with E-state index in [-0.39, 0.29) is 29.4 Å². The molecule has 0 saturated carbocycles. The monoisotopic (exact) mass is 462 g/mol. The quantitative estimate of drug-likeness (QED) is 0.332. The molecule has 0 aliphatic carbocycles. The van der Waals surface area contributed by atoms with E-state index < -0.39 is 17.7 Å². The van der Waals surface area contributed by atoms with E-state index >= 15 is 0 Å². The third kappa shape index (κ3) is 5.81. The number of methoxy groups -OCH3 is 2. The number of hydrogen-bond donors (Lipinski definition) is 0. The van der Waals surface area contributed by atoms with Gasteiger partial charge in [-0.25, -0.2) is 9.59 Å². The maximum Gasteiger partial charge on any atom is 0.339 e. The fraction of sp³-hybridized carbons (Fsp3) is 0.222. The standard InChI is InChI=1S/C27H26O7/c1-17(2)34-27(30)22-15-23(31-3)24(33-16-18-8-6-5-7-9-18)14-21(22)25(28)19-10-12-20(13-11-19)26(29)32-4/h5-15,17H,16H2,1-4H3. The minimum Gasteiger partial charge on any atom is -0.493 e.